The second-order valence-corrected chi connectivity index (χ2v) is 6.54. The third-order valence-corrected chi connectivity index (χ3v) is 4.72. The molecule has 5 nitrogen and oxygen atoms in total. The van der Waals surface area contributed by atoms with Crippen LogP contribution in [0.5, 0.6) is 0 Å². The highest BCUT2D eigenvalue weighted by molar-refractivity contribution is 5.79. The summed E-state index contributed by atoms with van der Waals surface area (Å²) in [6.45, 7) is 6.83. The van der Waals surface area contributed by atoms with E-state index in [0.717, 1.165) is 32.2 Å². The van der Waals surface area contributed by atoms with Crippen molar-refractivity contribution in [1.29, 1.82) is 0 Å². The lowest BCUT2D eigenvalue weighted by molar-refractivity contribution is -0.0453. The second-order valence-electron chi connectivity index (χ2n) is 6.54. The highest BCUT2D eigenvalue weighted by atomic mass is 16.5. The molecule has 0 amide bonds. The predicted molar refractivity (Wildman–Crippen MR) is 93.7 cm³/mol. The van der Waals surface area contributed by atoms with Gasteiger partial charge in [-0.3, -0.25) is 9.89 Å². The van der Waals surface area contributed by atoms with E-state index in [0.29, 0.717) is 6.04 Å². The van der Waals surface area contributed by atoms with Crippen LogP contribution >= 0.6 is 0 Å². The first-order valence-corrected chi connectivity index (χ1v) is 8.60. The van der Waals surface area contributed by atoms with Crippen molar-refractivity contribution in [1.82, 2.24) is 15.5 Å². The van der Waals surface area contributed by atoms with Gasteiger partial charge in [0, 0.05) is 32.7 Å². The van der Waals surface area contributed by atoms with Crippen molar-refractivity contribution in [3.8, 4) is 0 Å². The van der Waals surface area contributed by atoms with Crippen LogP contribution < -0.4 is 10.6 Å². The van der Waals surface area contributed by atoms with Crippen LogP contribution in [0.4, 0.5) is 0 Å². The van der Waals surface area contributed by atoms with Crippen molar-refractivity contribution >= 4 is 5.96 Å². The lowest BCUT2D eigenvalue weighted by atomic mass is 10.1. The average molecular weight is 316 g/mol. The minimum Gasteiger partial charge on any atom is -0.373 e. The molecule has 2 fully saturated rings. The molecular formula is C18H28N4O. The van der Waals surface area contributed by atoms with Gasteiger partial charge in [-0.05, 0) is 31.9 Å². The first-order valence-electron chi connectivity index (χ1n) is 8.60. The molecule has 1 aromatic carbocycles. The van der Waals surface area contributed by atoms with Gasteiger partial charge in [0.05, 0.1) is 12.7 Å². The van der Waals surface area contributed by atoms with Gasteiger partial charge in [-0.15, -0.1) is 0 Å². The molecule has 2 saturated heterocycles. The van der Waals surface area contributed by atoms with E-state index in [1.807, 2.05) is 7.05 Å². The molecule has 126 valence electrons. The molecule has 3 rings (SSSR count). The van der Waals surface area contributed by atoms with Gasteiger partial charge in [-0.2, -0.15) is 0 Å². The van der Waals surface area contributed by atoms with E-state index in [2.05, 4.69) is 51.7 Å². The van der Waals surface area contributed by atoms with E-state index in [-0.39, 0.29) is 6.10 Å². The van der Waals surface area contributed by atoms with Gasteiger partial charge in [-0.25, -0.2) is 0 Å². The van der Waals surface area contributed by atoms with Crippen LogP contribution in [-0.4, -0.2) is 56.3 Å². The SMILES string of the molecule is CN=C(NCc1cccc(C)c1)NCC1CN2CCCC2CO1. The van der Waals surface area contributed by atoms with Gasteiger partial charge >= 0.3 is 0 Å². The molecule has 0 aliphatic carbocycles. The highest BCUT2D eigenvalue weighted by Crippen LogP contribution is 2.22. The molecule has 2 N–H and O–H groups in total. The molecule has 2 aliphatic rings. The molecule has 5 heteroatoms. The van der Waals surface area contributed by atoms with E-state index in [4.69, 9.17) is 4.74 Å². The fourth-order valence-corrected chi connectivity index (χ4v) is 3.45. The van der Waals surface area contributed by atoms with E-state index >= 15 is 0 Å². The lowest BCUT2D eigenvalue weighted by Crippen LogP contribution is -2.51. The number of rotatable bonds is 4. The smallest absolute Gasteiger partial charge is 0.191 e. The Hall–Kier alpha value is -1.59. The fourth-order valence-electron chi connectivity index (χ4n) is 3.45. The van der Waals surface area contributed by atoms with Crippen LogP contribution in [0, 0.1) is 6.92 Å². The standard InChI is InChI=1S/C18H28N4O/c1-14-5-3-6-15(9-14)10-20-18(19-2)21-11-17-12-22-8-4-7-16(22)13-23-17/h3,5-6,9,16-17H,4,7-8,10-13H2,1-2H3,(H2,19,20,21). The number of aliphatic imine (C=N–C) groups is 1. The van der Waals surface area contributed by atoms with Crippen LogP contribution in [0.1, 0.15) is 24.0 Å². The van der Waals surface area contributed by atoms with Crippen molar-refractivity contribution < 1.29 is 4.74 Å². The number of hydrogen-bond acceptors (Lipinski definition) is 3. The molecular weight excluding hydrogens is 288 g/mol. The zero-order valence-electron chi connectivity index (χ0n) is 14.2. The van der Waals surface area contributed by atoms with E-state index in [1.165, 1.54) is 30.5 Å². The Balaban J connectivity index is 1.43. The molecule has 0 radical (unpaired) electrons. The van der Waals surface area contributed by atoms with Crippen LogP contribution in [0.25, 0.3) is 0 Å². The molecule has 2 atom stereocenters. The summed E-state index contributed by atoms with van der Waals surface area (Å²) in [6, 6.07) is 9.18. The van der Waals surface area contributed by atoms with Gasteiger partial charge in [0.1, 0.15) is 0 Å². The average Bonchev–Trinajstić information content (AvgIpc) is 3.03. The first-order chi connectivity index (χ1) is 11.2. The molecule has 2 aliphatic heterocycles. The second kappa shape index (κ2) is 7.79. The van der Waals surface area contributed by atoms with E-state index in [1.54, 1.807) is 0 Å². The number of nitrogens with zero attached hydrogens (tertiary/aromatic N) is 2. The maximum Gasteiger partial charge on any atom is 0.191 e. The molecule has 0 bridgehead atoms. The summed E-state index contributed by atoms with van der Waals surface area (Å²) in [7, 11) is 1.81. The third-order valence-electron chi connectivity index (χ3n) is 4.72. The Morgan fingerprint density at radius 1 is 1.39 bits per heavy atom. The molecule has 0 saturated carbocycles. The fraction of sp³-hybridized carbons (Fsp3) is 0.611. The summed E-state index contributed by atoms with van der Waals surface area (Å²) in [5.74, 6) is 0.832. The predicted octanol–water partition coefficient (Wildman–Crippen LogP) is 1.52. The summed E-state index contributed by atoms with van der Waals surface area (Å²) in [5.41, 5.74) is 2.55. The van der Waals surface area contributed by atoms with Crippen LogP contribution in [0.2, 0.25) is 0 Å². The molecule has 2 heterocycles. The number of ether oxygens (including phenoxy) is 1. The number of guanidine groups is 1. The number of morpholine rings is 1. The van der Waals surface area contributed by atoms with E-state index in [9.17, 15) is 0 Å². The van der Waals surface area contributed by atoms with Gasteiger partial charge in [-0.1, -0.05) is 29.8 Å². The maximum atomic E-state index is 5.98. The lowest BCUT2D eigenvalue weighted by Gasteiger charge is -2.35. The summed E-state index contributed by atoms with van der Waals surface area (Å²) in [6.07, 6.45) is 2.86. The molecule has 2 unspecified atom stereocenters. The number of aryl methyl sites for hydroxylation is 1. The molecule has 23 heavy (non-hydrogen) atoms. The summed E-state index contributed by atoms with van der Waals surface area (Å²) in [4.78, 5) is 6.87. The molecule has 0 spiro atoms. The minimum absolute atomic E-state index is 0.252. The number of nitrogens with one attached hydrogen (secondary N) is 2. The Bertz CT molecular complexity index is 546. The van der Waals surface area contributed by atoms with Gasteiger partial charge in [0.2, 0.25) is 0 Å². The van der Waals surface area contributed by atoms with Gasteiger partial charge in [0.25, 0.3) is 0 Å². The Labute approximate surface area is 139 Å². The van der Waals surface area contributed by atoms with E-state index < -0.39 is 0 Å². The van der Waals surface area contributed by atoms with Crippen molar-refractivity contribution in [2.75, 3.05) is 33.3 Å². The Morgan fingerprint density at radius 3 is 3.13 bits per heavy atom. The number of fused-ring (bicyclic) bond motifs is 1. The molecule has 0 aromatic heterocycles. The van der Waals surface area contributed by atoms with Crippen LogP contribution in [0.3, 0.4) is 0 Å². The minimum atomic E-state index is 0.252. The highest BCUT2D eigenvalue weighted by Gasteiger charge is 2.32. The zero-order chi connectivity index (χ0) is 16.1. The van der Waals surface area contributed by atoms with Gasteiger partial charge in [0.15, 0.2) is 5.96 Å². The largest absolute Gasteiger partial charge is 0.373 e. The summed E-state index contributed by atoms with van der Waals surface area (Å²) >= 11 is 0. The normalized spacial score (nSPS) is 25.2. The van der Waals surface area contributed by atoms with Crippen molar-refractivity contribution in [2.24, 2.45) is 4.99 Å². The van der Waals surface area contributed by atoms with Crippen molar-refractivity contribution in [2.45, 2.75) is 38.5 Å². The zero-order valence-corrected chi connectivity index (χ0v) is 14.2. The summed E-state index contributed by atoms with van der Waals surface area (Å²) in [5, 5.41) is 6.76. The Kier molecular flexibility index (Phi) is 5.51. The number of hydrogen-bond donors (Lipinski definition) is 2. The van der Waals surface area contributed by atoms with Crippen LogP contribution in [-0.2, 0) is 11.3 Å². The topological polar surface area (TPSA) is 48.9 Å². The Morgan fingerprint density at radius 2 is 2.30 bits per heavy atom. The maximum absolute atomic E-state index is 5.98. The van der Waals surface area contributed by atoms with Gasteiger partial charge < -0.3 is 15.4 Å². The van der Waals surface area contributed by atoms with Crippen molar-refractivity contribution in [3.63, 3.8) is 0 Å². The quantitative estimate of drug-likeness (QED) is 0.653. The van der Waals surface area contributed by atoms with Crippen LogP contribution in [0.15, 0.2) is 29.3 Å². The monoisotopic (exact) mass is 316 g/mol. The molecule has 1 aromatic rings. The summed E-state index contributed by atoms with van der Waals surface area (Å²) < 4.78 is 5.98. The van der Waals surface area contributed by atoms with Crippen molar-refractivity contribution in [3.05, 3.63) is 35.4 Å². The number of benzene rings is 1. The third kappa shape index (κ3) is 4.45. The first kappa shape index (κ1) is 16.3.